The minimum Gasteiger partial charge on any atom is -0.484 e. The molecular formula is C23H31N3O4S. The molecule has 0 spiro atoms. The Morgan fingerprint density at radius 1 is 1.03 bits per heavy atom. The first-order valence-electron chi connectivity index (χ1n) is 10.6. The van der Waals surface area contributed by atoms with Crippen LogP contribution in [0.4, 0.5) is 5.69 Å². The summed E-state index contributed by atoms with van der Waals surface area (Å²) in [5.41, 5.74) is 2.90. The third-order valence-electron chi connectivity index (χ3n) is 5.50. The van der Waals surface area contributed by atoms with Crippen molar-refractivity contribution in [1.82, 2.24) is 10.2 Å². The van der Waals surface area contributed by atoms with Crippen molar-refractivity contribution in [1.29, 1.82) is 0 Å². The highest BCUT2D eigenvalue weighted by atomic mass is 32.2. The first-order valence-corrected chi connectivity index (χ1v) is 12.4. The molecule has 1 aliphatic rings. The van der Waals surface area contributed by atoms with Crippen LogP contribution in [0.5, 0.6) is 5.75 Å². The van der Waals surface area contributed by atoms with Crippen molar-refractivity contribution in [2.75, 3.05) is 37.3 Å². The predicted molar refractivity (Wildman–Crippen MR) is 123 cm³/mol. The number of piperidine rings is 1. The van der Waals surface area contributed by atoms with Crippen LogP contribution >= 0.6 is 0 Å². The van der Waals surface area contributed by atoms with E-state index in [4.69, 9.17) is 4.74 Å². The van der Waals surface area contributed by atoms with E-state index < -0.39 is 10.0 Å². The van der Waals surface area contributed by atoms with Crippen molar-refractivity contribution in [2.24, 2.45) is 0 Å². The monoisotopic (exact) mass is 445 g/mol. The van der Waals surface area contributed by atoms with E-state index in [1.807, 2.05) is 12.1 Å². The summed E-state index contributed by atoms with van der Waals surface area (Å²) in [6, 6.07) is 14.8. The minimum atomic E-state index is -3.32. The summed E-state index contributed by atoms with van der Waals surface area (Å²) < 4.78 is 29.9. The lowest BCUT2D eigenvalue weighted by molar-refractivity contribution is -0.123. The lowest BCUT2D eigenvalue weighted by Gasteiger charge is -2.27. The zero-order valence-electron chi connectivity index (χ0n) is 18.2. The van der Waals surface area contributed by atoms with E-state index in [9.17, 15) is 13.2 Å². The van der Waals surface area contributed by atoms with Gasteiger partial charge >= 0.3 is 0 Å². The molecule has 168 valence electrons. The van der Waals surface area contributed by atoms with E-state index >= 15 is 0 Å². The van der Waals surface area contributed by atoms with Crippen LogP contribution in [-0.2, 0) is 27.9 Å². The molecular weight excluding hydrogens is 414 g/mol. The zero-order chi connectivity index (χ0) is 22.3. The van der Waals surface area contributed by atoms with E-state index in [0.29, 0.717) is 18.0 Å². The quantitative estimate of drug-likeness (QED) is 0.642. The van der Waals surface area contributed by atoms with Crippen molar-refractivity contribution in [3.05, 3.63) is 59.7 Å². The van der Waals surface area contributed by atoms with Crippen molar-refractivity contribution in [2.45, 2.75) is 32.4 Å². The maximum absolute atomic E-state index is 12.3. The number of likely N-dealkylation sites (tertiary alicyclic amines) is 1. The maximum Gasteiger partial charge on any atom is 0.258 e. The molecule has 8 heteroatoms. The first kappa shape index (κ1) is 23.1. The molecule has 0 bridgehead atoms. The lowest BCUT2D eigenvalue weighted by Crippen LogP contribution is -2.31. The second kappa shape index (κ2) is 10.6. The van der Waals surface area contributed by atoms with Crippen LogP contribution in [0.2, 0.25) is 0 Å². The summed E-state index contributed by atoms with van der Waals surface area (Å²) in [5, 5.41) is 2.93. The molecule has 7 nitrogen and oxygen atoms in total. The summed E-state index contributed by atoms with van der Waals surface area (Å²) in [4.78, 5) is 14.7. The largest absolute Gasteiger partial charge is 0.484 e. The van der Waals surface area contributed by atoms with Gasteiger partial charge in [-0.3, -0.25) is 14.0 Å². The van der Waals surface area contributed by atoms with Gasteiger partial charge in [-0.1, -0.05) is 30.7 Å². The number of amides is 1. The highest BCUT2D eigenvalue weighted by Gasteiger charge is 2.14. The Morgan fingerprint density at radius 3 is 2.32 bits per heavy atom. The number of carbonyl (C=O) groups excluding carboxylic acids is 1. The van der Waals surface area contributed by atoms with Gasteiger partial charge in [0.1, 0.15) is 5.75 Å². The molecule has 3 rings (SSSR count). The molecule has 0 aliphatic carbocycles. The molecule has 1 aliphatic heterocycles. The predicted octanol–water partition coefficient (Wildman–Crippen LogP) is 2.76. The van der Waals surface area contributed by atoms with Crippen LogP contribution in [0.15, 0.2) is 48.5 Å². The van der Waals surface area contributed by atoms with Gasteiger partial charge < -0.3 is 10.1 Å². The minimum absolute atomic E-state index is 0.102. The Balaban J connectivity index is 1.48. The van der Waals surface area contributed by atoms with Gasteiger partial charge in [-0.15, -0.1) is 0 Å². The van der Waals surface area contributed by atoms with Crippen LogP contribution in [0.1, 0.15) is 30.4 Å². The van der Waals surface area contributed by atoms with Crippen LogP contribution in [0.3, 0.4) is 0 Å². The van der Waals surface area contributed by atoms with Crippen molar-refractivity contribution < 1.29 is 17.9 Å². The second-order valence-electron chi connectivity index (χ2n) is 7.90. The number of hydrogen-bond donors (Lipinski definition) is 1. The van der Waals surface area contributed by atoms with Gasteiger partial charge in [0, 0.05) is 20.1 Å². The average Bonchev–Trinajstić information content (AvgIpc) is 2.77. The number of nitrogens with one attached hydrogen (secondary N) is 1. The van der Waals surface area contributed by atoms with Gasteiger partial charge in [0.2, 0.25) is 10.0 Å². The summed E-state index contributed by atoms with van der Waals surface area (Å²) in [6.45, 7) is 3.54. The Kier molecular flexibility index (Phi) is 7.92. The highest BCUT2D eigenvalue weighted by Crippen LogP contribution is 2.20. The van der Waals surface area contributed by atoms with Crippen molar-refractivity contribution in [3.63, 3.8) is 0 Å². The molecule has 2 aromatic rings. The number of carbonyl (C=O) groups is 1. The summed E-state index contributed by atoms with van der Waals surface area (Å²) in [5.74, 6) is 0.302. The summed E-state index contributed by atoms with van der Waals surface area (Å²) in [7, 11) is -1.83. The molecule has 1 fully saturated rings. The molecule has 1 saturated heterocycles. The van der Waals surface area contributed by atoms with Crippen LogP contribution in [-0.4, -0.2) is 52.2 Å². The molecule has 1 N–H and O–H groups in total. The molecule has 0 radical (unpaired) electrons. The number of rotatable bonds is 9. The first-order chi connectivity index (χ1) is 14.8. The Morgan fingerprint density at radius 2 is 1.68 bits per heavy atom. The molecule has 0 unspecified atom stereocenters. The molecule has 1 amide bonds. The number of anilines is 1. The summed E-state index contributed by atoms with van der Waals surface area (Å²) >= 11 is 0. The lowest BCUT2D eigenvalue weighted by atomic mass is 10.0. The molecule has 0 atom stereocenters. The standard InChI is InChI=1S/C23H31N3O4S/c1-25(31(2,28)29)21-10-12-22(13-11-21)30-18-23(27)24-16-19-8-4-5-9-20(19)17-26-14-6-3-7-15-26/h4-5,8-13H,3,6-7,14-18H2,1-2H3,(H,24,27). The number of benzene rings is 2. The topological polar surface area (TPSA) is 79.0 Å². The fraction of sp³-hybridized carbons (Fsp3) is 0.435. The third-order valence-corrected chi connectivity index (χ3v) is 6.71. The smallest absolute Gasteiger partial charge is 0.258 e. The van der Waals surface area contributed by atoms with Gasteiger partial charge in [-0.05, 0) is 61.3 Å². The Labute approximate surface area is 185 Å². The van der Waals surface area contributed by atoms with Crippen LogP contribution < -0.4 is 14.4 Å². The Hall–Kier alpha value is -2.58. The van der Waals surface area contributed by atoms with E-state index in [1.54, 1.807) is 24.3 Å². The van der Waals surface area contributed by atoms with Gasteiger partial charge in [0.05, 0.1) is 11.9 Å². The Bertz CT molecular complexity index is 971. The normalized spacial score (nSPS) is 14.8. The van der Waals surface area contributed by atoms with Gasteiger partial charge in [0.15, 0.2) is 6.61 Å². The number of sulfonamides is 1. The van der Waals surface area contributed by atoms with Crippen molar-refractivity contribution in [3.8, 4) is 5.75 Å². The second-order valence-corrected chi connectivity index (χ2v) is 9.91. The van der Waals surface area contributed by atoms with Gasteiger partial charge in [-0.25, -0.2) is 8.42 Å². The molecule has 31 heavy (non-hydrogen) atoms. The molecule has 1 heterocycles. The average molecular weight is 446 g/mol. The maximum atomic E-state index is 12.3. The fourth-order valence-corrected chi connectivity index (χ4v) is 4.08. The van der Waals surface area contributed by atoms with Crippen LogP contribution in [0.25, 0.3) is 0 Å². The van der Waals surface area contributed by atoms with Gasteiger partial charge in [0.25, 0.3) is 5.91 Å². The van der Waals surface area contributed by atoms with Gasteiger partial charge in [-0.2, -0.15) is 0 Å². The molecule has 0 saturated carbocycles. The SMILES string of the molecule is CN(c1ccc(OCC(=O)NCc2ccccc2CN2CCCCC2)cc1)S(C)(=O)=O. The fourth-order valence-electron chi connectivity index (χ4n) is 3.58. The summed E-state index contributed by atoms with van der Waals surface area (Å²) in [6.07, 6.45) is 4.96. The molecule has 0 aromatic heterocycles. The zero-order valence-corrected chi connectivity index (χ0v) is 19.0. The van der Waals surface area contributed by atoms with E-state index in [1.165, 1.54) is 36.2 Å². The van der Waals surface area contributed by atoms with E-state index in [-0.39, 0.29) is 12.5 Å². The highest BCUT2D eigenvalue weighted by molar-refractivity contribution is 7.92. The molecule has 2 aromatic carbocycles. The van der Waals surface area contributed by atoms with E-state index in [2.05, 4.69) is 22.3 Å². The van der Waals surface area contributed by atoms with E-state index in [0.717, 1.165) is 31.5 Å². The van der Waals surface area contributed by atoms with Crippen molar-refractivity contribution >= 4 is 21.6 Å². The van der Waals surface area contributed by atoms with Crippen LogP contribution in [0, 0.1) is 0 Å². The number of hydrogen-bond acceptors (Lipinski definition) is 5. The number of ether oxygens (including phenoxy) is 1. The number of nitrogens with zero attached hydrogens (tertiary/aromatic N) is 2. The third kappa shape index (κ3) is 6.97.